The minimum absolute atomic E-state index is 0.185. The average molecular weight is 486 g/mol. The van der Waals surface area contributed by atoms with E-state index in [0.717, 1.165) is 5.56 Å². The molecule has 0 aliphatic heterocycles. The molecule has 2 aromatic carbocycles. The number of rotatable bonds is 8. The van der Waals surface area contributed by atoms with E-state index in [1.54, 1.807) is 42.5 Å². The fourth-order valence-corrected chi connectivity index (χ4v) is 3.49. The maximum absolute atomic E-state index is 13.2. The third-order valence-electron chi connectivity index (χ3n) is 4.38. The number of ether oxygens (including phenoxy) is 1. The molecule has 0 aliphatic carbocycles. The molecular weight excluding hydrogens is 459 g/mol. The van der Waals surface area contributed by atoms with Gasteiger partial charge >= 0.3 is 0 Å². The second-order valence-electron chi connectivity index (χ2n) is 8.18. The Morgan fingerprint density at radius 3 is 2.35 bits per heavy atom. The van der Waals surface area contributed by atoms with Gasteiger partial charge in [0.1, 0.15) is 11.8 Å². The molecule has 0 saturated heterocycles. The van der Waals surface area contributed by atoms with Gasteiger partial charge in [-0.2, -0.15) is 0 Å². The molecule has 0 spiro atoms. The minimum Gasteiger partial charge on any atom is -0.484 e. The molecule has 31 heavy (non-hydrogen) atoms. The molecule has 5 nitrogen and oxygen atoms in total. The highest BCUT2D eigenvalue weighted by molar-refractivity contribution is 6.42. The van der Waals surface area contributed by atoms with Crippen LogP contribution in [0.15, 0.2) is 42.5 Å². The highest BCUT2D eigenvalue weighted by Gasteiger charge is 2.31. The predicted octanol–water partition coefficient (Wildman–Crippen LogP) is 5.75. The number of carbonyl (C=O) groups is 2. The number of nitrogens with zero attached hydrogens (tertiary/aromatic N) is 1. The second-order valence-corrected chi connectivity index (χ2v) is 9.43. The standard InChI is InChI=1S/C23H27Cl3N2O3/c1-5-20(22(30)27-23(2,3)4)28(13-15-9-10-18(25)19(26)11-15)21(29)14-31-17-8-6-7-16(24)12-17/h6-12,20H,5,13-14H2,1-4H3,(H,27,30)/t20-/m0/s1. The Morgan fingerprint density at radius 1 is 1.06 bits per heavy atom. The van der Waals surface area contributed by atoms with Crippen molar-refractivity contribution in [3.8, 4) is 5.75 Å². The molecule has 1 N–H and O–H groups in total. The zero-order valence-corrected chi connectivity index (χ0v) is 20.3. The summed E-state index contributed by atoms with van der Waals surface area (Å²) in [6.45, 7) is 7.49. The lowest BCUT2D eigenvalue weighted by Crippen LogP contribution is -2.54. The number of hydrogen-bond donors (Lipinski definition) is 1. The predicted molar refractivity (Wildman–Crippen MR) is 126 cm³/mol. The van der Waals surface area contributed by atoms with Crippen LogP contribution in [0.5, 0.6) is 5.75 Å². The van der Waals surface area contributed by atoms with Crippen molar-refractivity contribution < 1.29 is 14.3 Å². The Hall–Kier alpha value is -1.95. The van der Waals surface area contributed by atoms with Crippen LogP contribution in [-0.4, -0.2) is 34.9 Å². The van der Waals surface area contributed by atoms with E-state index in [-0.39, 0.29) is 25.0 Å². The van der Waals surface area contributed by atoms with Gasteiger partial charge in [0.25, 0.3) is 5.91 Å². The summed E-state index contributed by atoms with van der Waals surface area (Å²) >= 11 is 18.1. The SMILES string of the molecule is CC[C@@H](C(=O)NC(C)(C)C)N(Cc1ccc(Cl)c(Cl)c1)C(=O)COc1cccc(Cl)c1. The molecule has 8 heteroatoms. The van der Waals surface area contributed by atoms with Gasteiger partial charge in [-0.15, -0.1) is 0 Å². The molecule has 2 rings (SSSR count). The topological polar surface area (TPSA) is 58.6 Å². The van der Waals surface area contributed by atoms with Gasteiger partial charge in [-0.05, 0) is 63.1 Å². The van der Waals surface area contributed by atoms with E-state index in [4.69, 9.17) is 39.5 Å². The normalized spacial score (nSPS) is 12.2. The van der Waals surface area contributed by atoms with Gasteiger partial charge in [0.15, 0.2) is 6.61 Å². The Bertz CT molecular complexity index is 929. The minimum atomic E-state index is -0.677. The van der Waals surface area contributed by atoms with E-state index in [2.05, 4.69) is 5.32 Å². The molecule has 2 aromatic rings. The highest BCUT2D eigenvalue weighted by Crippen LogP contribution is 2.24. The summed E-state index contributed by atoms with van der Waals surface area (Å²) in [5, 5.41) is 4.27. The van der Waals surface area contributed by atoms with Crippen molar-refractivity contribution in [2.45, 2.75) is 52.2 Å². The summed E-state index contributed by atoms with van der Waals surface area (Å²) in [5.41, 5.74) is 0.326. The van der Waals surface area contributed by atoms with E-state index in [1.807, 2.05) is 27.7 Å². The van der Waals surface area contributed by atoms with Crippen LogP contribution in [0.2, 0.25) is 15.1 Å². The van der Waals surface area contributed by atoms with Gasteiger partial charge < -0.3 is 15.0 Å². The molecule has 2 amide bonds. The van der Waals surface area contributed by atoms with Crippen LogP contribution < -0.4 is 10.1 Å². The van der Waals surface area contributed by atoms with Crippen molar-refractivity contribution in [2.24, 2.45) is 0 Å². The largest absolute Gasteiger partial charge is 0.484 e. The van der Waals surface area contributed by atoms with Crippen LogP contribution in [0.4, 0.5) is 0 Å². The van der Waals surface area contributed by atoms with Gasteiger partial charge in [-0.1, -0.05) is 53.9 Å². The number of amides is 2. The lowest BCUT2D eigenvalue weighted by atomic mass is 10.1. The monoisotopic (exact) mass is 484 g/mol. The van der Waals surface area contributed by atoms with Crippen LogP contribution in [0, 0.1) is 0 Å². The van der Waals surface area contributed by atoms with Crippen LogP contribution in [0.1, 0.15) is 39.7 Å². The van der Waals surface area contributed by atoms with E-state index in [1.165, 1.54) is 4.90 Å². The summed E-state index contributed by atoms with van der Waals surface area (Å²) in [6.07, 6.45) is 0.437. The third kappa shape index (κ3) is 7.91. The molecule has 0 unspecified atom stereocenters. The maximum atomic E-state index is 13.2. The molecule has 1 atom stereocenters. The second kappa shape index (κ2) is 11.1. The zero-order chi connectivity index (χ0) is 23.2. The molecule has 0 saturated carbocycles. The van der Waals surface area contributed by atoms with Crippen molar-refractivity contribution in [3.05, 3.63) is 63.1 Å². The van der Waals surface area contributed by atoms with Crippen LogP contribution >= 0.6 is 34.8 Å². The zero-order valence-electron chi connectivity index (χ0n) is 18.0. The van der Waals surface area contributed by atoms with E-state index in [0.29, 0.717) is 27.2 Å². The van der Waals surface area contributed by atoms with Crippen molar-refractivity contribution in [2.75, 3.05) is 6.61 Å². The number of benzene rings is 2. The summed E-state index contributed by atoms with van der Waals surface area (Å²) < 4.78 is 5.63. The Labute approximate surface area is 198 Å². The maximum Gasteiger partial charge on any atom is 0.261 e. The van der Waals surface area contributed by atoms with Crippen molar-refractivity contribution in [3.63, 3.8) is 0 Å². The first kappa shape index (κ1) is 25.3. The fraction of sp³-hybridized carbons (Fsp3) is 0.391. The summed E-state index contributed by atoms with van der Waals surface area (Å²) in [5.74, 6) is -0.0874. The molecule has 168 valence electrons. The van der Waals surface area contributed by atoms with Gasteiger partial charge in [-0.3, -0.25) is 9.59 Å². The van der Waals surface area contributed by atoms with Crippen molar-refractivity contribution in [1.82, 2.24) is 10.2 Å². The molecule has 0 aromatic heterocycles. The van der Waals surface area contributed by atoms with Crippen molar-refractivity contribution >= 4 is 46.6 Å². The van der Waals surface area contributed by atoms with Gasteiger partial charge in [0, 0.05) is 17.1 Å². The molecule has 0 heterocycles. The fourth-order valence-electron chi connectivity index (χ4n) is 2.99. The summed E-state index contributed by atoms with van der Waals surface area (Å²) in [6, 6.07) is 11.3. The molecule has 0 radical (unpaired) electrons. The molecule has 0 fully saturated rings. The number of hydrogen-bond acceptors (Lipinski definition) is 3. The van der Waals surface area contributed by atoms with E-state index >= 15 is 0 Å². The van der Waals surface area contributed by atoms with Gasteiger partial charge in [0.2, 0.25) is 5.91 Å². The smallest absolute Gasteiger partial charge is 0.261 e. The first-order valence-corrected chi connectivity index (χ1v) is 11.1. The number of halogens is 3. The summed E-state index contributed by atoms with van der Waals surface area (Å²) in [7, 11) is 0. The molecule has 0 aliphatic rings. The first-order valence-electron chi connectivity index (χ1n) is 9.94. The quantitative estimate of drug-likeness (QED) is 0.518. The molecular formula is C23H27Cl3N2O3. The van der Waals surface area contributed by atoms with Gasteiger partial charge in [0.05, 0.1) is 10.0 Å². The lowest BCUT2D eigenvalue weighted by molar-refractivity contribution is -0.143. The van der Waals surface area contributed by atoms with E-state index in [9.17, 15) is 9.59 Å². The summed E-state index contributed by atoms with van der Waals surface area (Å²) in [4.78, 5) is 27.6. The van der Waals surface area contributed by atoms with Gasteiger partial charge in [-0.25, -0.2) is 0 Å². The highest BCUT2D eigenvalue weighted by atomic mass is 35.5. The Balaban J connectivity index is 2.27. The third-order valence-corrected chi connectivity index (χ3v) is 5.35. The van der Waals surface area contributed by atoms with E-state index < -0.39 is 11.6 Å². The Kier molecular flexibility index (Phi) is 9.04. The number of nitrogens with one attached hydrogen (secondary N) is 1. The molecule has 0 bridgehead atoms. The van der Waals surface area contributed by atoms with Crippen LogP contribution in [0.3, 0.4) is 0 Å². The van der Waals surface area contributed by atoms with Crippen LogP contribution in [0.25, 0.3) is 0 Å². The Morgan fingerprint density at radius 2 is 1.77 bits per heavy atom. The first-order chi connectivity index (χ1) is 14.5. The van der Waals surface area contributed by atoms with Crippen LogP contribution in [-0.2, 0) is 16.1 Å². The van der Waals surface area contributed by atoms with Crippen molar-refractivity contribution in [1.29, 1.82) is 0 Å². The lowest BCUT2D eigenvalue weighted by Gasteiger charge is -2.33. The average Bonchev–Trinajstić information content (AvgIpc) is 2.67. The number of carbonyl (C=O) groups excluding carboxylic acids is 2.